The summed E-state index contributed by atoms with van der Waals surface area (Å²) >= 11 is 0. The number of hydrogen-bond donors (Lipinski definition) is 2. The van der Waals surface area contributed by atoms with Crippen molar-refractivity contribution in [2.75, 3.05) is 13.7 Å². The number of carbonyl (C=O) groups is 2. The number of hydrogen-bond acceptors (Lipinski definition) is 4. The molecule has 90 valence electrons. The lowest BCUT2D eigenvalue weighted by Crippen LogP contribution is -2.61. The minimum absolute atomic E-state index is 0.234. The first-order valence-electron chi connectivity index (χ1n) is 5.22. The summed E-state index contributed by atoms with van der Waals surface area (Å²) in [5, 5.41) is 11.9. The number of amides is 1. The van der Waals surface area contributed by atoms with Gasteiger partial charge in [0.15, 0.2) is 5.54 Å². The summed E-state index contributed by atoms with van der Waals surface area (Å²) in [6, 6.07) is 6.99. The van der Waals surface area contributed by atoms with Crippen molar-refractivity contribution in [1.29, 1.82) is 0 Å². The van der Waals surface area contributed by atoms with Gasteiger partial charge < -0.3 is 15.2 Å². The van der Waals surface area contributed by atoms with Gasteiger partial charge in [0.25, 0.3) is 5.91 Å². The smallest absolute Gasteiger partial charge is 0.334 e. The number of carbonyl (C=O) groups excluding carboxylic acids is 2. The highest BCUT2D eigenvalue weighted by molar-refractivity contribution is 6.01. The van der Waals surface area contributed by atoms with Gasteiger partial charge in [-0.1, -0.05) is 18.2 Å². The zero-order valence-corrected chi connectivity index (χ0v) is 9.40. The van der Waals surface area contributed by atoms with E-state index in [0.717, 1.165) is 5.56 Å². The first-order chi connectivity index (χ1) is 8.13. The Morgan fingerprint density at radius 3 is 2.88 bits per heavy atom. The molecule has 1 heterocycles. The first-order valence-corrected chi connectivity index (χ1v) is 5.22. The number of nitrogens with one attached hydrogen (secondary N) is 1. The van der Waals surface area contributed by atoms with E-state index in [2.05, 4.69) is 10.1 Å². The van der Waals surface area contributed by atoms with Crippen LogP contribution in [0.4, 0.5) is 0 Å². The largest absolute Gasteiger partial charge is 0.467 e. The summed E-state index contributed by atoms with van der Waals surface area (Å²) in [4.78, 5) is 23.5. The Hall–Kier alpha value is -1.88. The van der Waals surface area contributed by atoms with E-state index < -0.39 is 18.1 Å². The van der Waals surface area contributed by atoms with Crippen LogP contribution in [0.15, 0.2) is 24.3 Å². The number of benzene rings is 1. The van der Waals surface area contributed by atoms with Gasteiger partial charge in [-0.05, 0) is 11.6 Å². The lowest BCUT2D eigenvalue weighted by molar-refractivity contribution is -0.150. The van der Waals surface area contributed by atoms with E-state index in [9.17, 15) is 14.7 Å². The number of rotatable bonds is 2. The second-order valence-electron chi connectivity index (χ2n) is 4.02. The topological polar surface area (TPSA) is 75.6 Å². The van der Waals surface area contributed by atoms with Crippen LogP contribution in [0.25, 0.3) is 0 Å². The third-order valence-corrected chi connectivity index (χ3v) is 2.95. The van der Waals surface area contributed by atoms with Gasteiger partial charge in [0.1, 0.15) is 0 Å². The molecule has 17 heavy (non-hydrogen) atoms. The maximum atomic E-state index is 11.9. The van der Waals surface area contributed by atoms with Crippen LogP contribution < -0.4 is 5.32 Å². The Bertz CT molecular complexity index is 471. The van der Waals surface area contributed by atoms with Crippen LogP contribution in [-0.4, -0.2) is 36.2 Å². The van der Waals surface area contributed by atoms with Crippen LogP contribution >= 0.6 is 0 Å². The number of aliphatic hydroxyl groups is 1. The van der Waals surface area contributed by atoms with Crippen LogP contribution in [0, 0.1) is 0 Å². The Balaban J connectivity index is 2.44. The molecule has 5 nitrogen and oxygen atoms in total. The van der Waals surface area contributed by atoms with Crippen molar-refractivity contribution in [3.63, 3.8) is 0 Å². The average molecular weight is 235 g/mol. The fraction of sp³-hybridized carbons (Fsp3) is 0.333. The number of ether oxygens (including phenoxy) is 1. The molecule has 1 atom stereocenters. The third kappa shape index (κ3) is 1.78. The van der Waals surface area contributed by atoms with Gasteiger partial charge in [0.05, 0.1) is 13.7 Å². The molecule has 0 aromatic heterocycles. The molecular formula is C12H13NO4. The maximum Gasteiger partial charge on any atom is 0.334 e. The summed E-state index contributed by atoms with van der Waals surface area (Å²) in [5.41, 5.74) is -0.101. The highest BCUT2D eigenvalue weighted by Gasteiger charge is 2.44. The average Bonchev–Trinajstić information content (AvgIpc) is 2.37. The fourth-order valence-electron chi connectivity index (χ4n) is 2.03. The third-order valence-electron chi connectivity index (χ3n) is 2.95. The summed E-state index contributed by atoms with van der Waals surface area (Å²) in [7, 11) is 1.23. The molecule has 0 radical (unpaired) electrons. The summed E-state index contributed by atoms with van der Waals surface area (Å²) in [6.07, 6.45) is 0.234. The minimum Gasteiger partial charge on any atom is -0.467 e. The van der Waals surface area contributed by atoms with E-state index >= 15 is 0 Å². The monoisotopic (exact) mass is 235 g/mol. The molecular weight excluding hydrogens is 222 g/mol. The molecule has 1 aliphatic rings. The molecule has 0 saturated heterocycles. The van der Waals surface area contributed by atoms with E-state index in [1.54, 1.807) is 24.3 Å². The van der Waals surface area contributed by atoms with Crippen LogP contribution in [0.3, 0.4) is 0 Å². The van der Waals surface area contributed by atoms with Crippen LogP contribution in [-0.2, 0) is 16.0 Å². The summed E-state index contributed by atoms with van der Waals surface area (Å²) < 4.78 is 4.63. The van der Waals surface area contributed by atoms with Crippen molar-refractivity contribution in [3.05, 3.63) is 35.4 Å². The molecule has 0 aliphatic carbocycles. The van der Waals surface area contributed by atoms with E-state index in [0.29, 0.717) is 5.56 Å². The number of methoxy groups -OCH3 is 1. The van der Waals surface area contributed by atoms with Gasteiger partial charge in [-0.25, -0.2) is 4.79 Å². The van der Waals surface area contributed by atoms with Gasteiger partial charge in [-0.3, -0.25) is 4.79 Å². The molecule has 0 spiro atoms. The van der Waals surface area contributed by atoms with Gasteiger partial charge in [-0.15, -0.1) is 0 Å². The van der Waals surface area contributed by atoms with Crippen molar-refractivity contribution in [2.45, 2.75) is 12.0 Å². The van der Waals surface area contributed by atoms with Crippen molar-refractivity contribution >= 4 is 11.9 Å². The second-order valence-corrected chi connectivity index (χ2v) is 4.02. The van der Waals surface area contributed by atoms with E-state index in [1.165, 1.54) is 7.11 Å². The van der Waals surface area contributed by atoms with Crippen molar-refractivity contribution in [1.82, 2.24) is 5.32 Å². The SMILES string of the molecule is COC(=O)[C@]1(CO)Cc2ccccc2C(=O)N1. The quantitative estimate of drug-likeness (QED) is 0.700. The molecule has 0 fully saturated rings. The lowest BCUT2D eigenvalue weighted by Gasteiger charge is -2.34. The predicted octanol–water partition coefficient (Wildman–Crippen LogP) is -0.123. The van der Waals surface area contributed by atoms with Gasteiger partial charge >= 0.3 is 5.97 Å². The van der Waals surface area contributed by atoms with Gasteiger partial charge in [0, 0.05) is 12.0 Å². The number of esters is 1. The standard InChI is InChI=1S/C12H13NO4/c1-17-11(16)12(7-14)6-8-4-2-3-5-9(8)10(15)13-12/h2-5,14H,6-7H2,1H3,(H,13,15)/t12-/m1/s1. The Morgan fingerprint density at radius 2 is 2.24 bits per heavy atom. The molecule has 5 heteroatoms. The van der Waals surface area contributed by atoms with E-state index in [4.69, 9.17) is 0 Å². The summed E-state index contributed by atoms with van der Waals surface area (Å²) in [6.45, 7) is -0.486. The molecule has 1 aliphatic heterocycles. The normalized spacial score (nSPS) is 22.6. The number of fused-ring (bicyclic) bond motifs is 1. The molecule has 0 unspecified atom stereocenters. The maximum absolute atomic E-state index is 11.9. The van der Waals surface area contributed by atoms with Crippen LogP contribution in [0.1, 0.15) is 15.9 Å². The predicted molar refractivity (Wildman–Crippen MR) is 59.4 cm³/mol. The Morgan fingerprint density at radius 1 is 1.53 bits per heavy atom. The van der Waals surface area contributed by atoms with E-state index in [-0.39, 0.29) is 12.3 Å². The van der Waals surface area contributed by atoms with Crippen LogP contribution in [0.5, 0.6) is 0 Å². The first kappa shape index (κ1) is 11.6. The highest BCUT2D eigenvalue weighted by Crippen LogP contribution is 2.24. The van der Waals surface area contributed by atoms with Gasteiger partial charge in [0.2, 0.25) is 0 Å². The molecule has 1 amide bonds. The molecule has 2 N–H and O–H groups in total. The fourth-order valence-corrected chi connectivity index (χ4v) is 2.03. The van der Waals surface area contributed by atoms with E-state index in [1.807, 2.05) is 0 Å². The Kier molecular flexibility index (Phi) is 2.85. The molecule has 1 aromatic rings. The van der Waals surface area contributed by atoms with Crippen LogP contribution in [0.2, 0.25) is 0 Å². The second kappa shape index (κ2) is 4.18. The molecule has 2 rings (SSSR count). The minimum atomic E-state index is -1.36. The van der Waals surface area contributed by atoms with Gasteiger partial charge in [-0.2, -0.15) is 0 Å². The van der Waals surface area contributed by atoms with Crippen molar-refractivity contribution in [2.24, 2.45) is 0 Å². The zero-order chi connectivity index (χ0) is 12.5. The molecule has 1 aromatic carbocycles. The Labute approximate surface area is 98.4 Å². The number of aliphatic hydroxyl groups excluding tert-OH is 1. The van der Waals surface area contributed by atoms with Crippen molar-refractivity contribution in [3.8, 4) is 0 Å². The molecule has 0 bridgehead atoms. The molecule has 0 saturated carbocycles. The summed E-state index contributed by atoms with van der Waals surface area (Å²) in [5.74, 6) is -1.01. The lowest BCUT2D eigenvalue weighted by atomic mass is 9.85. The zero-order valence-electron chi connectivity index (χ0n) is 9.40. The van der Waals surface area contributed by atoms with Crippen molar-refractivity contribution < 1.29 is 19.4 Å². The highest BCUT2D eigenvalue weighted by atomic mass is 16.5.